The number of nitrogens with one attached hydrogen (secondary N) is 1. The molecule has 2 aliphatic heterocycles. The van der Waals surface area contributed by atoms with E-state index in [0.29, 0.717) is 58.2 Å². The SMILES string of the molecule is Cl.NCCOCCOCCOCCCc1ccc2c(c1)C(=O)N(C1CCC(=O)NC1=O)C2=O. The third-order valence-electron chi connectivity index (χ3n) is 5.26. The fourth-order valence-corrected chi connectivity index (χ4v) is 3.68. The first-order chi connectivity index (χ1) is 15.5. The molecule has 0 aromatic heterocycles. The van der Waals surface area contributed by atoms with Gasteiger partial charge in [0.1, 0.15) is 6.04 Å². The van der Waals surface area contributed by atoms with Gasteiger partial charge in [-0.3, -0.25) is 29.4 Å². The Bertz CT molecular complexity index is 864. The lowest BCUT2D eigenvalue weighted by molar-refractivity contribution is -0.136. The lowest BCUT2D eigenvalue weighted by Gasteiger charge is -2.27. The number of rotatable bonds is 13. The van der Waals surface area contributed by atoms with Crippen molar-refractivity contribution in [3.05, 3.63) is 34.9 Å². The molecule has 2 aliphatic rings. The quantitative estimate of drug-likeness (QED) is 0.305. The van der Waals surface area contributed by atoms with Crippen LogP contribution in [-0.2, 0) is 30.2 Å². The number of imide groups is 2. The Morgan fingerprint density at radius 1 is 0.909 bits per heavy atom. The molecule has 11 heteroatoms. The standard InChI is InChI=1S/C22H29N3O7.ClH/c23-7-9-31-11-13-32-12-10-30-8-1-2-15-3-4-16-17(14-15)22(29)25(21(16)28)18-5-6-19(26)24-20(18)27;/h3-4,14,18H,1-2,5-13,23H2,(H,24,26,27);1H. The molecule has 0 spiro atoms. The van der Waals surface area contributed by atoms with E-state index in [1.807, 2.05) is 6.07 Å². The molecule has 3 N–H and O–H groups in total. The van der Waals surface area contributed by atoms with E-state index in [1.165, 1.54) is 0 Å². The van der Waals surface area contributed by atoms with Crippen molar-refractivity contribution < 1.29 is 33.4 Å². The molecule has 2 heterocycles. The Morgan fingerprint density at radius 3 is 2.21 bits per heavy atom. The van der Waals surface area contributed by atoms with Gasteiger partial charge in [-0.25, -0.2) is 0 Å². The summed E-state index contributed by atoms with van der Waals surface area (Å²) in [6.07, 6.45) is 1.67. The zero-order valence-corrected chi connectivity index (χ0v) is 19.2. The highest BCUT2D eigenvalue weighted by Gasteiger charge is 2.44. The summed E-state index contributed by atoms with van der Waals surface area (Å²) in [4.78, 5) is 50.0. The van der Waals surface area contributed by atoms with E-state index < -0.39 is 29.7 Å². The van der Waals surface area contributed by atoms with Gasteiger partial charge in [-0.2, -0.15) is 0 Å². The molecule has 10 nitrogen and oxygen atoms in total. The molecule has 1 fully saturated rings. The fourth-order valence-electron chi connectivity index (χ4n) is 3.68. The summed E-state index contributed by atoms with van der Waals surface area (Å²) in [7, 11) is 0. The first kappa shape index (κ1) is 26.9. The number of amides is 4. The fraction of sp³-hybridized carbons (Fsp3) is 0.545. The first-order valence-electron chi connectivity index (χ1n) is 10.8. The van der Waals surface area contributed by atoms with Crippen LogP contribution < -0.4 is 11.1 Å². The zero-order valence-electron chi connectivity index (χ0n) is 18.4. The smallest absolute Gasteiger partial charge is 0.262 e. The molecule has 0 saturated carbocycles. The van der Waals surface area contributed by atoms with Gasteiger partial charge in [-0.1, -0.05) is 6.07 Å². The summed E-state index contributed by atoms with van der Waals surface area (Å²) in [5.41, 5.74) is 6.81. The van der Waals surface area contributed by atoms with Gasteiger partial charge in [0.25, 0.3) is 11.8 Å². The summed E-state index contributed by atoms with van der Waals surface area (Å²) in [6.45, 7) is 3.54. The van der Waals surface area contributed by atoms with Crippen LogP contribution in [0.15, 0.2) is 18.2 Å². The first-order valence-corrected chi connectivity index (χ1v) is 10.8. The van der Waals surface area contributed by atoms with E-state index in [-0.39, 0.29) is 30.8 Å². The van der Waals surface area contributed by atoms with Crippen LogP contribution in [0.3, 0.4) is 0 Å². The van der Waals surface area contributed by atoms with Gasteiger partial charge in [0.2, 0.25) is 11.8 Å². The van der Waals surface area contributed by atoms with Crippen molar-refractivity contribution in [1.82, 2.24) is 10.2 Å². The second kappa shape index (κ2) is 13.4. The zero-order chi connectivity index (χ0) is 22.9. The van der Waals surface area contributed by atoms with Gasteiger partial charge in [-0.05, 0) is 37.0 Å². The highest BCUT2D eigenvalue weighted by Crippen LogP contribution is 2.28. The van der Waals surface area contributed by atoms with Crippen molar-refractivity contribution >= 4 is 36.0 Å². The Labute approximate surface area is 198 Å². The van der Waals surface area contributed by atoms with Crippen molar-refractivity contribution in [2.24, 2.45) is 5.73 Å². The maximum atomic E-state index is 12.8. The van der Waals surface area contributed by atoms with Gasteiger partial charge in [0.15, 0.2) is 0 Å². The van der Waals surface area contributed by atoms with Crippen LogP contribution in [0.4, 0.5) is 0 Å². The Hall–Kier alpha value is -2.37. The van der Waals surface area contributed by atoms with Crippen molar-refractivity contribution in [1.29, 1.82) is 0 Å². The van der Waals surface area contributed by atoms with Crippen molar-refractivity contribution in [3.8, 4) is 0 Å². The molecule has 0 aliphatic carbocycles. The minimum absolute atomic E-state index is 0. The normalized spacial score (nSPS) is 17.7. The molecule has 1 aromatic carbocycles. The number of nitrogens with zero attached hydrogens (tertiary/aromatic N) is 1. The summed E-state index contributed by atoms with van der Waals surface area (Å²) in [5, 5.41) is 2.19. The number of hydrogen-bond donors (Lipinski definition) is 2. The molecular formula is C22H30ClN3O7. The number of benzene rings is 1. The number of ether oxygens (including phenoxy) is 3. The highest BCUT2D eigenvalue weighted by atomic mass is 35.5. The summed E-state index contributed by atoms with van der Waals surface area (Å²) >= 11 is 0. The maximum Gasteiger partial charge on any atom is 0.262 e. The average Bonchev–Trinajstić information content (AvgIpc) is 3.02. The van der Waals surface area contributed by atoms with Crippen LogP contribution >= 0.6 is 12.4 Å². The molecule has 3 rings (SSSR count). The van der Waals surface area contributed by atoms with Crippen LogP contribution in [0.2, 0.25) is 0 Å². The molecule has 1 unspecified atom stereocenters. The van der Waals surface area contributed by atoms with E-state index in [0.717, 1.165) is 16.9 Å². The van der Waals surface area contributed by atoms with E-state index >= 15 is 0 Å². The van der Waals surface area contributed by atoms with E-state index in [2.05, 4.69) is 5.32 Å². The molecule has 1 saturated heterocycles. The van der Waals surface area contributed by atoms with E-state index in [4.69, 9.17) is 19.9 Å². The minimum atomic E-state index is -0.952. The second-order valence-electron chi connectivity index (χ2n) is 7.56. The number of carbonyl (C=O) groups excluding carboxylic acids is 4. The van der Waals surface area contributed by atoms with Crippen molar-refractivity contribution in [3.63, 3.8) is 0 Å². The number of carbonyl (C=O) groups is 4. The third-order valence-corrected chi connectivity index (χ3v) is 5.26. The molecule has 0 radical (unpaired) electrons. The van der Waals surface area contributed by atoms with Gasteiger partial charge in [0, 0.05) is 19.6 Å². The number of fused-ring (bicyclic) bond motifs is 1. The van der Waals surface area contributed by atoms with Crippen LogP contribution in [0.5, 0.6) is 0 Å². The Kier molecular flexibility index (Phi) is 10.9. The van der Waals surface area contributed by atoms with Gasteiger partial charge < -0.3 is 19.9 Å². The predicted octanol–water partition coefficient (Wildman–Crippen LogP) is 0.451. The van der Waals surface area contributed by atoms with Gasteiger partial charge in [0.05, 0.1) is 44.2 Å². The monoisotopic (exact) mass is 483 g/mol. The third kappa shape index (κ3) is 7.05. The lowest BCUT2D eigenvalue weighted by atomic mass is 10.0. The van der Waals surface area contributed by atoms with E-state index in [9.17, 15) is 19.2 Å². The molecule has 0 bridgehead atoms. The second-order valence-corrected chi connectivity index (χ2v) is 7.56. The molecular weight excluding hydrogens is 454 g/mol. The van der Waals surface area contributed by atoms with Crippen LogP contribution in [0, 0.1) is 0 Å². The summed E-state index contributed by atoms with van der Waals surface area (Å²) in [6, 6.07) is 4.18. The molecule has 4 amide bonds. The van der Waals surface area contributed by atoms with Crippen LogP contribution in [-0.4, -0.2) is 80.8 Å². The van der Waals surface area contributed by atoms with Crippen molar-refractivity contribution in [2.45, 2.75) is 31.7 Å². The Morgan fingerprint density at radius 2 is 1.55 bits per heavy atom. The molecule has 33 heavy (non-hydrogen) atoms. The molecule has 1 aromatic rings. The minimum Gasteiger partial charge on any atom is -0.379 e. The number of halogens is 1. The van der Waals surface area contributed by atoms with Crippen LogP contribution in [0.25, 0.3) is 0 Å². The maximum absolute atomic E-state index is 12.8. The van der Waals surface area contributed by atoms with E-state index in [1.54, 1.807) is 12.1 Å². The number of aryl methyl sites for hydroxylation is 1. The largest absolute Gasteiger partial charge is 0.379 e. The number of hydrogen-bond acceptors (Lipinski definition) is 8. The number of piperidine rings is 1. The topological polar surface area (TPSA) is 137 Å². The lowest BCUT2D eigenvalue weighted by Crippen LogP contribution is -2.54. The summed E-state index contributed by atoms with van der Waals surface area (Å²) in [5.74, 6) is -2.00. The average molecular weight is 484 g/mol. The molecule has 1 atom stereocenters. The predicted molar refractivity (Wildman–Crippen MR) is 120 cm³/mol. The van der Waals surface area contributed by atoms with Gasteiger partial charge >= 0.3 is 0 Å². The highest BCUT2D eigenvalue weighted by molar-refractivity contribution is 6.23. The Balaban J connectivity index is 0.00000385. The number of nitrogens with two attached hydrogens (primary N) is 1. The summed E-state index contributed by atoms with van der Waals surface area (Å²) < 4.78 is 16.1. The molecule has 182 valence electrons. The van der Waals surface area contributed by atoms with Crippen molar-refractivity contribution in [2.75, 3.05) is 46.2 Å². The van der Waals surface area contributed by atoms with Gasteiger partial charge in [-0.15, -0.1) is 12.4 Å². The van der Waals surface area contributed by atoms with Crippen LogP contribution in [0.1, 0.15) is 45.5 Å².